The molecule has 0 saturated heterocycles. The molecule has 0 radical (unpaired) electrons. The largest absolute Gasteiger partial charge is 0.352 e. The molecule has 0 aliphatic heterocycles. The highest BCUT2D eigenvalue weighted by Crippen LogP contribution is 2.44. The molecule has 0 bridgehead atoms. The molecule has 2 aromatic carbocycles. The third-order valence-corrected chi connectivity index (χ3v) is 7.35. The van der Waals surface area contributed by atoms with Crippen molar-refractivity contribution in [3.05, 3.63) is 64.9 Å². The van der Waals surface area contributed by atoms with Gasteiger partial charge in [0.05, 0.1) is 10.6 Å². The van der Waals surface area contributed by atoms with Crippen LogP contribution in [0.4, 0.5) is 10.1 Å². The van der Waals surface area contributed by atoms with Gasteiger partial charge in [0.25, 0.3) is 5.91 Å². The number of nitrogens with one attached hydrogen (secondary N) is 1. The van der Waals surface area contributed by atoms with Crippen LogP contribution in [0.1, 0.15) is 43.0 Å². The second-order valence-corrected chi connectivity index (χ2v) is 10.1. The van der Waals surface area contributed by atoms with Crippen molar-refractivity contribution in [3.63, 3.8) is 0 Å². The molecular weight excluding hydrogens is 489 g/mol. The van der Waals surface area contributed by atoms with Crippen LogP contribution in [0.25, 0.3) is 11.3 Å². The molecule has 2 amide bonds. The maximum absolute atomic E-state index is 14.8. The first-order valence-corrected chi connectivity index (χ1v) is 13.0. The number of anilines is 1. The molecule has 1 saturated carbocycles. The van der Waals surface area contributed by atoms with Crippen LogP contribution in [0, 0.1) is 11.7 Å². The smallest absolute Gasteiger partial charge is 0.251 e. The number of benzene rings is 2. The highest BCUT2D eigenvalue weighted by atomic mass is 35.5. The SMILES string of the molecule is CCSc1onc(-c2c(F)cccc2Cl)c1N(C=O)C1CCCC(CNC(=O)c2ccccc2)C1. The number of nitrogens with zero attached hydrogens (tertiary/aromatic N) is 2. The zero-order valence-corrected chi connectivity index (χ0v) is 20.9. The highest BCUT2D eigenvalue weighted by Gasteiger charge is 2.33. The summed E-state index contributed by atoms with van der Waals surface area (Å²) >= 11 is 7.72. The molecule has 2 unspecified atom stereocenters. The minimum Gasteiger partial charge on any atom is -0.352 e. The molecule has 2 atom stereocenters. The van der Waals surface area contributed by atoms with E-state index in [9.17, 15) is 14.0 Å². The van der Waals surface area contributed by atoms with Crippen molar-refractivity contribution in [1.82, 2.24) is 10.5 Å². The molecule has 1 aliphatic rings. The van der Waals surface area contributed by atoms with E-state index in [4.69, 9.17) is 16.1 Å². The van der Waals surface area contributed by atoms with Crippen molar-refractivity contribution in [2.75, 3.05) is 17.2 Å². The summed E-state index contributed by atoms with van der Waals surface area (Å²) in [4.78, 5) is 26.5. The topological polar surface area (TPSA) is 75.4 Å². The Hall–Kier alpha value is -2.84. The Morgan fingerprint density at radius 3 is 2.77 bits per heavy atom. The minimum absolute atomic E-state index is 0.114. The summed E-state index contributed by atoms with van der Waals surface area (Å²) in [5, 5.41) is 7.79. The maximum atomic E-state index is 14.8. The van der Waals surface area contributed by atoms with E-state index in [2.05, 4.69) is 10.5 Å². The maximum Gasteiger partial charge on any atom is 0.251 e. The van der Waals surface area contributed by atoms with Gasteiger partial charge in [-0.05, 0) is 55.2 Å². The molecule has 1 fully saturated rings. The monoisotopic (exact) mass is 515 g/mol. The van der Waals surface area contributed by atoms with Crippen LogP contribution in [0.2, 0.25) is 5.02 Å². The van der Waals surface area contributed by atoms with Gasteiger partial charge in [-0.3, -0.25) is 9.59 Å². The number of carbonyl (C=O) groups is 2. The Morgan fingerprint density at radius 1 is 1.26 bits per heavy atom. The van der Waals surface area contributed by atoms with E-state index in [0.29, 0.717) is 35.1 Å². The molecule has 6 nitrogen and oxygen atoms in total. The van der Waals surface area contributed by atoms with Gasteiger partial charge in [-0.25, -0.2) is 4.39 Å². The number of halogens is 2. The number of aromatic nitrogens is 1. The van der Waals surface area contributed by atoms with Crippen LogP contribution in [0.5, 0.6) is 0 Å². The van der Waals surface area contributed by atoms with Gasteiger partial charge in [0.2, 0.25) is 11.5 Å². The van der Waals surface area contributed by atoms with Gasteiger partial charge in [0.1, 0.15) is 17.2 Å². The number of hydrogen-bond donors (Lipinski definition) is 1. The average Bonchev–Trinajstić information content (AvgIpc) is 3.27. The lowest BCUT2D eigenvalue weighted by atomic mass is 9.84. The fourth-order valence-corrected chi connectivity index (χ4v) is 5.51. The van der Waals surface area contributed by atoms with Crippen molar-refractivity contribution in [2.45, 2.75) is 43.7 Å². The van der Waals surface area contributed by atoms with E-state index in [1.165, 1.54) is 23.9 Å². The predicted molar refractivity (Wildman–Crippen MR) is 136 cm³/mol. The zero-order chi connectivity index (χ0) is 24.8. The van der Waals surface area contributed by atoms with Crippen molar-refractivity contribution >= 4 is 41.4 Å². The molecule has 1 N–H and O–H groups in total. The number of thioether (sulfide) groups is 1. The van der Waals surface area contributed by atoms with Crippen LogP contribution < -0.4 is 10.2 Å². The van der Waals surface area contributed by atoms with Crippen LogP contribution in [0.3, 0.4) is 0 Å². The molecule has 1 aliphatic carbocycles. The molecule has 0 spiro atoms. The van der Waals surface area contributed by atoms with Gasteiger partial charge in [0, 0.05) is 18.2 Å². The summed E-state index contributed by atoms with van der Waals surface area (Å²) in [6.07, 6.45) is 4.09. The van der Waals surface area contributed by atoms with Crippen LogP contribution in [-0.4, -0.2) is 35.8 Å². The summed E-state index contributed by atoms with van der Waals surface area (Å²) in [6.45, 7) is 2.48. The van der Waals surface area contributed by atoms with E-state index < -0.39 is 5.82 Å². The van der Waals surface area contributed by atoms with Crippen LogP contribution >= 0.6 is 23.4 Å². The number of rotatable bonds is 9. The first kappa shape index (κ1) is 25.3. The fourth-order valence-electron chi connectivity index (χ4n) is 4.56. The van der Waals surface area contributed by atoms with Gasteiger partial charge in [-0.1, -0.05) is 66.1 Å². The Balaban J connectivity index is 1.57. The molecule has 35 heavy (non-hydrogen) atoms. The normalized spacial score (nSPS) is 17.7. The first-order valence-electron chi connectivity index (χ1n) is 11.7. The summed E-state index contributed by atoms with van der Waals surface area (Å²) < 4.78 is 20.3. The lowest BCUT2D eigenvalue weighted by Gasteiger charge is -2.35. The molecular formula is C26H27ClFN3O3S. The van der Waals surface area contributed by atoms with Gasteiger partial charge >= 0.3 is 0 Å². The standard InChI is InChI=1S/C26H27ClFN3O3S/c1-2-35-26-24(23(30-34-26)22-20(27)12-7-13-21(22)28)31(16-32)19-11-6-8-17(14-19)15-29-25(33)18-9-4-3-5-10-18/h3-5,7,9-10,12-13,16-17,19H,2,6,8,11,14-15H2,1H3,(H,29,33). The number of amides is 2. The lowest BCUT2D eigenvalue weighted by Crippen LogP contribution is -2.41. The molecule has 3 aromatic rings. The lowest BCUT2D eigenvalue weighted by molar-refractivity contribution is -0.108. The summed E-state index contributed by atoms with van der Waals surface area (Å²) in [5.74, 6) is 0.248. The molecule has 184 valence electrons. The third kappa shape index (κ3) is 5.70. The third-order valence-electron chi connectivity index (χ3n) is 6.22. The van der Waals surface area contributed by atoms with Gasteiger partial charge in [-0.15, -0.1) is 0 Å². The molecule has 9 heteroatoms. The van der Waals surface area contributed by atoms with Crippen molar-refractivity contribution in [2.24, 2.45) is 5.92 Å². The van der Waals surface area contributed by atoms with Gasteiger partial charge in [0.15, 0.2) is 0 Å². The highest BCUT2D eigenvalue weighted by molar-refractivity contribution is 7.99. The number of hydrogen-bond acceptors (Lipinski definition) is 5. The molecule has 1 heterocycles. The second kappa shape index (κ2) is 11.7. The fraction of sp³-hybridized carbons (Fsp3) is 0.346. The van der Waals surface area contributed by atoms with E-state index in [0.717, 1.165) is 25.7 Å². The quantitative estimate of drug-likeness (QED) is 0.271. The zero-order valence-electron chi connectivity index (χ0n) is 19.4. The van der Waals surface area contributed by atoms with Crippen LogP contribution in [-0.2, 0) is 4.79 Å². The van der Waals surface area contributed by atoms with Gasteiger partial charge < -0.3 is 14.7 Å². The molecule has 4 rings (SSSR count). The number of carbonyl (C=O) groups excluding carboxylic acids is 2. The summed E-state index contributed by atoms with van der Waals surface area (Å²) in [6, 6.07) is 13.4. The van der Waals surface area contributed by atoms with Crippen molar-refractivity contribution in [3.8, 4) is 11.3 Å². The van der Waals surface area contributed by atoms with E-state index >= 15 is 0 Å². The van der Waals surface area contributed by atoms with Crippen molar-refractivity contribution < 1.29 is 18.5 Å². The Labute approximate surface area is 213 Å². The van der Waals surface area contributed by atoms with Crippen molar-refractivity contribution in [1.29, 1.82) is 0 Å². The van der Waals surface area contributed by atoms with E-state index in [1.807, 2.05) is 25.1 Å². The summed E-state index contributed by atoms with van der Waals surface area (Å²) in [5.41, 5.74) is 1.39. The van der Waals surface area contributed by atoms with Crippen LogP contribution in [0.15, 0.2) is 58.1 Å². The first-order chi connectivity index (χ1) is 17.0. The average molecular weight is 516 g/mol. The minimum atomic E-state index is -0.531. The second-order valence-electron chi connectivity index (χ2n) is 8.47. The Morgan fingerprint density at radius 2 is 2.06 bits per heavy atom. The summed E-state index contributed by atoms with van der Waals surface area (Å²) in [7, 11) is 0. The Kier molecular flexibility index (Phi) is 8.46. The predicted octanol–water partition coefficient (Wildman–Crippen LogP) is 6.20. The van der Waals surface area contributed by atoms with E-state index in [1.54, 1.807) is 23.1 Å². The van der Waals surface area contributed by atoms with Gasteiger partial charge in [-0.2, -0.15) is 0 Å². The molecule has 1 aromatic heterocycles. The Bertz CT molecular complexity index is 1150. The van der Waals surface area contributed by atoms with E-state index in [-0.39, 0.29) is 34.1 Å².